The molecular formula is C14H16N4O. The summed E-state index contributed by atoms with van der Waals surface area (Å²) in [6, 6.07) is 6.10. The van der Waals surface area contributed by atoms with Gasteiger partial charge in [0, 0.05) is 24.5 Å². The van der Waals surface area contributed by atoms with Crippen LogP contribution in [0.3, 0.4) is 0 Å². The van der Waals surface area contributed by atoms with Crippen molar-refractivity contribution in [3.05, 3.63) is 36.8 Å². The van der Waals surface area contributed by atoms with Crippen molar-refractivity contribution in [1.82, 2.24) is 19.7 Å². The molecule has 5 heteroatoms. The van der Waals surface area contributed by atoms with Crippen molar-refractivity contribution >= 4 is 6.41 Å². The van der Waals surface area contributed by atoms with Gasteiger partial charge >= 0.3 is 0 Å². The van der Waals surface area contributed by atoms with Gasteiger partial charge in [-0.05, 0) is 25.0 Å². The summed E-state index contributed by atoms with van der Waals surface area (Å²) in [5, 5.41) is 4.36. The van der Waals surface area contributed by atoms with E-state index in [1.54, 1.807) is 6.20 Å². The molecule has 98 valence electrons. The van der Waals surface area contributed by atoms with Crippen LogP contribution in [0.2, 0.25) is 0 Å². The predicted molar refractivity (Wildman–Crippen MR) is 71.3 cm³/mol. The van der Waals surface area contributed by atoms with Crippen LogP contribution in [-0.4, -0.2) is 38.7 Å². The van der Waals surface area contributed by atoms with Gasteiger partial charge in [-0.25, -0.2) is 0 Å². The Balaban J connectivity index is 1.73. The molecule has 1 fully saturated rings. The van der Waals surface area contributed by atoms with Gasteiger partial charge in [0.1, 0.15) is 0 Å². The second kappa shape index (κ2) is 5.22. The Morgan fingerprint density at radius 2 is 2.37 bits per heavy atom. The first-order valence-electron chi connectivity index (χ1n) is 6.52. The van der Waals surface area contributed by atoms with E-state index >= 15 is 0 Å². The molecule has 1 amide bonds. The molecule has 2 aromatic heterocycles. The standard InChI is InChI=1S/C14H16N4O/c19-11-17-7-3-4-13(17)10-18-9-12(8-16-18)14-5-1-2-6-15-14/h1-2,5-6,8-9,11,13H,3-4,7,10H2/t13-/m0/s1. The third-order valence-corrected chi connectivity index (χ3v) is 3.55. The number of hydrogen-bond donors (Lipinski definition) is 0. The molecule has 3 rings (SSSR count). The minimum atomic E-state index is 0.272. The highest BCUT2D eigenvalue weighted by atomic mass is 16.1. The Morgan fingerprint density at radius 1 is 1.42 bits per heavy atom. The SMILES string of the molecule is O=CN1CCC[C@H]1Cn1cc(-c2ccccn2)cn1. The molecule has 0 aliphatic carbocycles. The fourth-order valence-electron chi connectivity index (χ4n) is 2.54. The van der Waals surface area contributed by atoms with E-state index in [1.807, 2.05) is 40.2 Å². The lowest BCUT2D eigenvalue weighted by Gasteiger charge is -2.19. The summed E-state index contributed by atoms with van der Waals surface area (Å²) in [7, 11) is 0. The van der Waals surface area contributed by atoms with Crippen LogP contribution < -0.4 is 0 Å². The monoisotopic (exact) mass is 256 g/mol. The smallest absolute Gasteiger partial charge is 0.210 e. The normalized spacial score (nSPS) is 18.7. The quantitative estimate of drug-likeness (QED) is 0.780. The van der Waals surface area contributed by atoms with Crippen LogP contribution in [0.25, 0.3) is 11.3 Å². The number of aromatic nitrogens is 3. The topological polar surface area (TPSA) is 51.0 Å². The van der Waals surface area contributed by atoms with Crippen LogP contribution >= 0.6 is 0 Å². The highest BCUT2D eigenvalue weighted by molar-refractivity contribution is 5.56. The van der Waals surface area contributed by atoms with Gasteiger partial charge in [-0.1, -0.05) is 6.07 Å². The molecule has 19 heavy (non-hydrogen) atoms. The van der Waals surface area contributed by atoms with Crippen LogP contribution in [-0.2, 0) is 11.3 Å². The van der Waals surface area contributed by atoms with Gasteiger partial charge in [-0.3, -0.25) is 14.5 Å². The number of carbonyl (C=O) groups is 1. The molecule has 0 saturated carbocycles. The number of carbonyl (C=O) groups excluding carboxylic acids is 1. The highest BCUT2D eigenvalue weighted by Crippen LogP contribution is 2.19. The summed E-state index contributed by atoms with van der Waals surface area (Å²) in [5.74, 6) is 0. The molecule has 0 unspecified atom stereocenters. The number of hydrogen-bond acceptors (Lipinski definition) is 3. The predicted octanol–water partition coefficient (Wildman–Crippen LogP) is 1.57. The first-order valence-corrected chi connectivity index (χ1v) is 6.52. The van der Waals surface area contributed by atoms with E-state index in [-0.39, 0.29) is 6.04 Å². The molecule has 1 aliphatic heterocycles. The Bertz CT molecular complexity index is 552. The maximum absolute atomic E-state index is 10.9. The summed E-state index contributed by atoms with van der Waals surface area (Å²) >= 11 is 0. The Hall–Kier alpha value is -2.17. The van der Waals surface area contributed by atoms with Crippen LogP contribution in [0, 0.1) is 0 Å². The van der Waals surface area contributed by atoms with Gasteiger partial charge in [-0.2, -0.15) is 5.10 Å². The lowest BCUT2D eigenvalue weighted by atomic mass is 10.2. The molecule has 2 aromatic rings. The highest BCUT2D eigenvalue weighted by Gasteiger charge is 2.23. The molecule has 0 radical (unpaired) electrons. The molecule has 1 saturated heterocycles. The average molecular weight is 256 g/mol. The van der Waals surface area contributed by atoms with Crippen LogP contribution in [0.5, 0.6) is 0 Å². The third kappa shape index (κ3) is 2.50. The van der Waals surface area contributed by atoms with Crippen LogP contribution in [0.4, 0.5) is 0 Å². The fraction of sp³-hybridized carbons (Fsp3) is 0.357. The Morgan fingerprint density at radius 3 is 3.16 bits per heavy atom. The molecule has 0 N–H and O–H groups in total. The maximum Gasteiger partial charge on any atom is 0.210 e. The molecule has 0 spiro atoms. The zero-order valence-corrected chi connectivity index (χ0v) is 10.6. The number of nitrogens with zero attached hydrogens (tertiary/aromatic N) is 4. The van der Waals surface area contributed by atoms with Crippen molar-refractivity contribution in [3.8, 4) is 11.3 Å². The molecule has 0 aromatic carbocycles. The van der Waals surface area contributed by atoms with Crippen molar-refractivity contribution in [2.45, 2.75) is 25.4 Å². The lowest BCUT2D eigenvalue weighted by molar-refractivity contribution is -0.119. The molecular weight excluding hydrogens is 240 g/mol. The first kappa shape index (κ1) is 11.9. The van der Waals surface area contributed by atoms with Crippen molar-refractivity contribution < 1.29 is 4.79 Å². The van der Waals surface area contributed by atoms with Crippen molar-refractivity contribution in [2.24, 2.45) is 0 Å². The Labute approximate surface area is 111 Å². The van der Waals surface area contributed by atoms with E-state index < -0.39 is 0 Å². The maximum atomic E-state index is 10.9. The van der Waals surface area contributed by atoms with Crippen molar-refractivity contribution in [3.63, 3.8) is 0 Å². The molecule has 1 aliphatic rings. The van der Waals surface area contributed by atoms with E-state index in [0.29, 0.717) is 0 Å². The molecule has 0 bridgehead atoms. The Kier molecular flexibility index (Phi) is 3.27. The average Bonchev–Trinajstić information content (AvgIpc) is 3.09. The van der Waals surface area contributed by atoms with Gasteiger partial charge in [0.15, 0.2) is 0 Å². The summed E-state index contributed by atoms with van der Waals surface area (Å²) in [6.45, 7) is 1.62. The first-order chi connectivity index (χ1) is 9.36. The van der Waals surface area contributed by atoms with Crippen molar-refractivity contribution in [2.75, 3.05) is 6.54 Å². The minimum absolute atomic E-state index is 0.272. The second-order valence-electron chi connectivity index (χ2n) is 4.81. The number of amides is 1. The van der Waals surface area contributed by atoms with Gasteiger partial charge in [0.25, 0.3) is 0 Å². The lowest BCUT2D eigenvalue weighted by Crippen LogP contribution is -2.31. The van der Waals surface area contributed by atoms with Gasteiger partial charge in [0.2, 0.25) is 6.41 Å². The number of pyridine rings is 1. The van der Waals surface area contributed by atoms with E-state index in [9.17, 15) is 4.79 Å². The fourth-order valence-corrected chi connectivity index (χ4v) is 2.54. The van der Waals surface area contributed by atoms with Crippen LogP contribution in [0.1, 0.15) is 12.8 Å². The van der Waals surface area contributed by atoms with Crippen molar-refractivity contribution in [1.29, 1.82) is 0 Å². The minimum Gasteiger partial charge on any atom is -0.340 e. The van der Waals surface area contributed by atoms with Crippen LogP contribution in [0.15, 0.2) is 36.8 Å². The van der Waals surface area contributed by atoms with E-state index in [4.69, 9.17) is 0 Å². The summed E-state index contributed by atoms with van der Waals surface area (Å²) in [6.07, 6.45) is 8.67. The third-order valence-electron chi connectivity index (χ3n) is 3.55. The number of likely N-dealkylation sites (tertiary alicyclic amines) is 1. The summed E-state index contributed by atoms with van der Waals surface area (Å²) in [4.78, 5) is 17.1. The van der Waals surface area contributed by atoms with Gasteiger partial charge in [-0.15, -0.1) is 0 Å². The summed E-state index contributed by atoms with van der Waals surface area (Å²) in [5.41, 5.74) is 1.93. The largest absolute Gasteiger partial charge is 0.340 e. The van der Waals surface area contributed by atoms with Gasteiger partial charge < -0.3 is 4.90 Å². The van der Waals surface area contributed by atoms with E-state index in [0.717, 1.165) is 43.6 Å². The zero-order chi connectivity index (χ0) is 13.1. The summed E-state index contributed by atoms with van der Waals surface area (Å²) < 4.78 is 1.90. The zero-order valence-electron chi connectivity index (χ0n) is 10.6. The molecule has 1 atom stereocenters. The van der Waals surface area contributed by atoms with E-state index in [1.165, 1.54) is 0 Å². The van der Waals surface area contributed by atoms with E-state index in [2.05, 4.69) is 10.1 Å². The molecule has 5 nitrogen and oxygen atoms in total. The number of rotatable bonds is 4. The molecule has 3 heterocycles. The second-order valence-corrected chi connectivity index (χ2v) is 4.81. The van der Waals surface area contributed by atoms with Gasteiger partial charge in [0.05, 0.1) is 24.5 Å².